The highest BCUT2D eigenvalue weighted by atomic mass is 16.5. The van der Waals surface area contributed by atoms with Crippen LogP contribution in [-0.4, -0.2) is 46.8 Å². The lowest BCUT2D eigenvalue weighted by molar-refractivity contribution is -0.148. The molecule has 1 spiro atoms. The molecule has 1 N–H and O–H groups in total. The smallest absolute Gasteiger partial charge is 0.321 e. The third kappa shape index (κ3) is 2.73. The molecular formula is C16H27NO3. The van der Waals surface area contributed by atoms with E-state index in [2.05, 4.69) is 11.8 Å². The summed E-state index contributed by atoms with van der Waals surface area (Å²) in [4.78, 5) is 13.7. The molecule has 3 aliphatic rings. The molecule has 0 amide bonds. The molecule has 1 saturated carbocycles. The fourth-order valence-electron chi connectivity index (χ4n) is 4.55. The lowest BCUT2D eigenvalue weighted by atomic mass is 9.90. The quantitative estimate of drug-likeness (QED) is 0.864. The van der Waals surface area contributed by atoms with Gasteiger partial charge in [0.15, 0.2) is 0 Å². The number of aliphatic carboxylic acids is 1. The molecular weight excluding hydrogens is 254 g/mol. The fraction of sp³-hybridized carbons (Fsp3) is 0.938. The molecule has 2 heterocycles. The molecule has 0 aromatic rings. The Kier molecular flexibility index (Phi) is 4.04. The topological polar surface area (TPSA) is 49.8 Å². The highest BCUT2D eigenvalue weighted by Gasteiger charge is 2.44. The van der Waals surface area contributed by atoms with Crippen LogP contribution in [-0.2, 0) is 9.53 Å². The zero-order valence-corrected chi connectivity index (χ0v) is 12.5. The van der Waals surface area contributed by atoms with Gasteiger partial charge in [0.05, 0.1) is 11.7 Å². The Bertz CT molecular complexity index is 365. The first-order valence-corrected chi connectivity index (χ1v) is 8.24. The molecule has 0 aromatic heterocycles. The van der Waals surface area contributed by atoms with Gasteiger partial charge in [0.1, 0.15) is 6.04 Å². The summed E-state index contributed by atoms with van der Waals surface area (Å²) in [7, 11) is 0. The molecule has 3 unspecified atom stereocenters. The molecule has 2 saturated heterocycles. The Balaban J connectivity index is 1.60. The minimum atomic E-state index is -0.661. The summed E-state index contributed by atoms with van der Waals surface area (Å²) in [5, 5.41) is 9.48. The number of likely N-dealkylation sites (tertiary alicyclic amines) is 1. The second-order valence-corrected chi connectivity index (χ2v) is 7.07. The Labute approximate surface area is 121 Å². The van der Waals surface area contributed by atoms with Gasteiger partial charge in [-0.25, -0.2) is 0 Å². The second-order valence-electron chi connectivity index (χ2n) is 7.07. The number of carboxylic acids is 1. The van der Waals surface area contributed by atoms with Gasteiger partial charge in [0.25, 0.3) is 0 Å². The van der Waals surface area contributed by atoms with E-state index in [9.17, 15) is 9.90 Å². The number of carboxylic acid groups (broad SMARTS) is 1. The third-order valence-corrected chi connectivity index (χ3v) is 5.58. The van der Waals surface area contributed by atoms with Crippen molar-refractivity contribution in [3.63, 3.8) is 0 Å². The largest absolute Gasteiger partial charge is 0.480 e. The molecule has 0 bridgehead atoms. The van der Waals surface area contributed by atoms with E-state index in [0.29, 0.717) is 0 Å². The van der Waals surface area contributed by atoms with Gasteiger partial charge in [-0.05, 0) is 51.0 Å². The van der Waals surface area contributed by atoms with Gasteiger partial charge in [0, 0.05) is 6.54 Å². The van der Waals surface area contributed by atoms with Gasteiger partial charge in [-0.15, -0.1) is 0 Å². The van der Waals surface area contributed by atoms with Crippen molar-refractivity contribution in [2.45, 2.75) is 76.0 Å². The Morgan fingerprint density at radius 2 is 2.00 bits per heavy atom. The van der Waals surface area contributed by atoms with E-state index in [4.69, 9.17) is 4.74 Å². The highest BCUT2D eigenvalue weighted by molar-refractivity contribution is 5.74. The van der Waals surface area contributed by atoms with Crippen LogP contribution in [0.25, 0.3) is 0 Å². The molecule has 4 heteroatoms. The lowest BCUT2D eigenvalue weighted by Crippen LogP contribution is -2.51. The minimum absolute atomic E-state index is 0.158. The zero-order chi connectivity index (χ0) is 14.2. The fourth-order valence-corrected chi connectivity index (χ4v) is 4.55. The van der Waals surface area contributed by atoms with Crippen molar-refractivity contribution in [3.05, 3.63) is 0 Å². The molecule has 2 aliphatic heterocycles. The molecule has 0 radical (unpaired) electrons. The van der Waals surface area contributed by atoms with Gasteiger partial charge in [-0.2, -0.15) is 0 Å². The summed E-state index contributed by atoms with van der Waals surface area (Å²) in [6.07, 6.45) is 9.70. The summed E-state index contributed by atoms with van der Waals surface area (Å²) >= 11 is 0. The summed E-state index contributed by atoms with van der Waals surface area (Å²) < 4.78 is 6.34. The maximum Gasteiger partial charge on any atom is 0.321 e. The standard InChI is InChI=1S/C16H27NO3/c1-12-5-4-10-17(14(12)15(18)19)11-13-6-9-16(20-13)7-2-3-8-16/h12-14H,2-11H2,1H3,(H,18,19). The van der Waals surface area contributed by atoms with Crippen molar-refractivity contribution in [2.75, 3.05) is 13.1 Å². The van der Waals surface area contributed by atoms with Crippen LogP contribution < -0.4 is 0 Å². The van der Waals surface area contributed by atoms with Crippen LogP contribution >= 0.6 is 0 Å². The van der Waals surface area contributed by atoms with E-state index in [0.717, 1.165) is 32.4 Å². The Morgan fingerprint density at radius 3 is 2.70 bits per heavy atom. The van der Waals surface area contributed by atoms with Crippen LogP contribution in [0.4, 0.5) is 0 Å². The van der Waals surface area contributed by atoms with Gasteiger partial charge in [-0.1, -0.05) is 19.8 Å². The van der Waals surface area contributed by atoms with Crippen LogP contribution in [0.5, 0.6) is 0 Å². The maximum atomic E-state index is 11.5. The molecule has 3 atom stereocenters. The summed E-state index contributed by atoms with van der Waals surface area (Å²) in [6.45, 7) is 3.79. The van der Waals surface area contributed by atoms with Crippen LogP contribution in [0, 0.1) is 5.92 Å². The first-order valence-electron chi connectivity index (χ1n) is 8.24. The normalized spacial score (nSPS) is 37.5. The van der Waals surface area contributed by atoms with E-state index in [1.54, 1.807) is 0 Å². The van der Waals surface area contributed by atoms with Crippen LogP contribution in [0.15, 0.2) is 0 Å². The number of hydrogen-bond acceptors (Lipinski definition) is 3. The van der Waals surface area contributed by atoms with E-state index in [1.807, 2.05) is 0 Å². The van der Waals surface area contributed by atoms with Gasteiger partial charge < -0.3 is 9.84 Å². The van der Waals surface area contributed by atoms with Crippen LogP contribution in [0.2, 0.25) is 0 Å². The van der Waals surface area contributed by atoms with Crippen molar-refractivity contribution >= 4 is 5.97 Å². The van der Waals surface area contributed by atoms with Gasteiger partial charge in [-0.3, -0.25) is 9.69 Å². The molecule has 3 fully saturated rings. The average Bonchev–Trinajstić information content (AvgIpc) is 3.00. The number of hydrogen-bond donors (Lipinski definition) is 1. The third-order valence-electron chi connectivity index (χ3n) is 5.58. The second kappa shape index (κ2) is 5.64. The SMILES string of the molecule is CC1CCCN(CC2CCC3(CCCC3)O2)C1C(=O)O. The van der Waals surface area contributed by atoms with Crippen LogP contribution in [0.3, 0.4) is 0 Å². The van der Waals surface area contributed by atoms with Gasteiger partial charge >= 0.3 is 5.97 Å². The van der Waals surface area contributed by atoms with Crippen molar-refractivity contribution in [2.24, 2.45) is 5.92 Å². The summed E-state index contributed by atoms with van der Waals surface area (Å²) in [5.74, 6) is -0.408. The number of carbonyl (C=O) groups is 1. The average molecular weight is 281 g/mol. The van der Waals surface area contributed by atoms with Crippen molar-refractivity contribution in [1.82, 2.24) is 4.90 Å². The molecule has 0 aromatic carbocycles. The monoisotopic (exact) mass is 281 g/mol. The Morgan fingerprint density at radius 1 is 1.25 bits per heavy atom. The predicted molar refractivity (Wildman–Crippen MR) is 76.7 cm³/mol. The predicted octanol–water partition coefficient (Wildman–Crippen LogP) is 2.66. The number of rotatable bonds is 3. The van der Waals surface area contributed by atoms with Crippen molar-refractivity contribution < 1.29 is 14.6 Å². The molecule has 20 heavy (non-hydrogen) atoms. The first kappa shape index (κ1) is 14.3. The van der Waals surface area contributed by atoms with E-state index < -0.39 is 5.97 Å². The molecule has 4 nitrogen and oxygen atoms in total. The zero-order valence-electron chi connectivity index (χ0n) is 12.5. The minimum Gasteiger partial charge on any atom is -0.480 e. The summed E-state index contributed by atoms with van der Waals surface area (Å²) in [6, 6.07) is -0.313. The van der Waals surface area contributed by atoms with E-state index >= 15 is 0 Å². The Hall–Kier alpha value is -0.610. The van der Waals surface area contributed by atoms with Gasteiger partial charge in [0.2, 0.25) is 0 Å². The highest BCUT2D eigenvalue weighted by Crippen LogP contribution is 2.43. The molecule has 1 aliphatic carbocycles. The maximum absolute atomic E-state index is 11.5. The molecule has 3 rings (SSSR count). The van der Waals surface area contributed by atoms with Crippen LogP contribution in [0.1, 0.15) is 58.3 Å². The van der Waals surface area contributed by atoms with Crippen molar-refractivity contribution in [1.29, 1.82) is 0 Å². The summed E-state index contributed by atoms with van der Waals surface area (Å²) in [5.41, 5.74) is 0.158. The van der Waals surface area contributed by atoms with Crippen molar-refractivity contribution in [3.8, 4) is 0 Å². The number of piperidine rings is 1. The van der Waals surface area contributed by atoms with E-state index in [1.165, 1.54) is 32.1 Å². The lowest BCUT2D eigenvalue weighted by Gasteiger charge is -2.38. The molecule has 114 valence electrons. The van der Waals surface area contributed by atoms with E-state index in [-0.39, 0.29) is 23.7 Å². The first-order chi connectivity index (χ1) is 9.60. The number of nitrogens with zero attached hydrogens (tertiary/aromatic N) is 1. The number of ether oxygens (including phenoxy) is 1.